The number of hydrogen-bond acceptors (Lipinski definition) is 2. The molecular weight excluding hydrogens is 326 g/mol. The molecule has 3 fully saturated rings. The molecule has 0 radical (unpaired) electrons. The number of nitrogens with one attached hydrogen (secondary N) is 1. The summed E-state index contributed by atoms with van der Waals surface area (Å²) in [5.74, 6) is 0.115. The summed E-state index contributed by atoms with van der Waals surface area (Å²) < 4.78 is 0. The molecule has 2 bridgehead atoms. The Morgan fingerprint density at radius 3 is 2.73 bits per heavy atom. The van der Waals surface area contributed by atoms with Crippen LogP contribution in [0.3, 0.4) is 0 Å². The molecule has 26 heavy (non-hydrogen) atoms. The number of rotatable bonds is 3. The number of piperidine rings is 1. The van der Waals surface area contributed by atoms with E-state index < -0.39 is 0 Å². The van der Waals surface area contributed by atoms with Crippen LogP contribution in [0.4, 0.5) is 10.5 Å². The molecule has 2 unspecified atom stereocenters. The lowest BCUT2D eigenvalue weighted by molar-refractivity contribution is -0.139. The minimum Gasteiger partial charge on any atom is -0.334 e. The monoisotopic (exact) mass is 355 g/mol. The maximum atomic E-state index is 12.9. The Bertz CT molecular complexity index is 737. The molecule has 0 spiro atoms. The summed E-state index contributed by atoms with van der Waals surface area (Å²) in [7, 11) is 0. The predicted octanol–water partition coefficient (Wildman–Crippen LogP) is 3.72. The van der Waals surface area contributed by atoms with Crippen LogP contribution in [0.15, 0.2) is 29.8 Å². The predicted molar refractivity (Wildman–Crippen MR) is 104 cm³/mol. The molecule has 0 saturated carbocycles. The summed E-state index contributed by atoms with van der Waals surface area (Å²) in [6.07, 6.45) is 3.95. The zero-order chi connectivity index (χ0) is 18.8. The first-order valence-corrected chi connectivity index (χ1v) is 9.42. The lowest BCUT2D eigenvalue weighted by atomic mass is 9.94. The van der Waals surface area contributed by atoms with Crippen LogP contribution in [-0.4, -0.2) is 47.4 Å². The maximum Gasteiger partial charge on any atom is 0.321 e. The standard InChI is InChI=1S/C21H29N3O2/c1-14(2)9-10-24-18-8-7-17(20(24)25)12-23(13-18)21(26)22-19-11-15(3)5-6-16(19)4/h5-6,9,11,17-18H,7-8,10,12-13H2,1-4H3,(H,22,26). The van der Waals surface area contributed by atoms with Gasteiger partial charge in [-0.15, -0.1) is 0 Å². The third kappa shape index (κ3) is 3.92. The van der Waals surface area contributed by atoms with Crippen molar-refractivity contribution in [1.82, 2.24) is 9.80 Å². The molecule has 140 valence electrons. The van der Waals surface area contributed by atoms with E-state index in [2.05, 4.69) is 11.4 Å². The molecule has 1 aromatic rings. The number of carbonyl (C=O) groups is 2. The van der Waals surface area contributed by atoms with Gasteiger partial charge in [0.05, 0.1) is 5.92 Å². The summed E-state index contributed by atoms with van der Waals surface area (Å²) in [5.41, 5.74) is 4.22. The minimum atomic E-state index is -0.104. The summed E-state index contributed by atoms with van der Waals surface area (Å²) in [6, 6.07) is 6.05. The summed E-state index contributed by atoms with van der Waals surface area (Å²) in [6.45, 7) is 9.86. The SMILES string of the molecule is CC(C)=CCN1C(=O)C2CCC1CN(C(=O)Nc1cc(C)ccc1C)C2. The Kier molecular flexibility index (Phi) is 5.35. The van der Waals surface area contributed by atoms with E-state index in [4.69, 9.17) is 0 Å². The van der Waals surface area contributed by atoms with Crippen molar-refractivity contribution in [1.29, 1.82) is 0 Å². The zero-order valence-corrected chi connectivity index (χ0v) is 16.2. The topological polar surface area (TPSA) is 52.7 Å². The first kappa shape index (κ1) is 18.5. The summed E-state index contributed by atoms with van der Waals surface area (Å²) in [4.78, 5) is 29.4. The molecular formula is C21H29N3O2. The van der Waals surface area contributed by atoms with E-state index in [0.717, 1.165) is 29.7 Å². The molecule has 0 aromatic heterocycles. The number of nitrogens with zero attached hydrogens (tertiary/aromatic N) is 2. The van der Waals surface area contributed by atoms with Gasteiger partial charge in [-0.2, -0.15) is 0 Å². The van der Waals surface area contributed by atoms with Gasteiger partial charge in [0, 0.05) is 31.4 Å². The van der Waals surface area contributed by atoms with E-state index in [1.54, 1.807) is 0 Å². The van der Waals surface area contributed by atoms with Gasteiger partial charge in [-0.1, -0.05) is 23.8 Å². The smallest absolute Gasteiger partial charge is 0.321 e. The highest BCUT2D eigenvalue weighted by Gasteiger charge is 2.41. The van der Waals surface area contributed by atoms with Crippen molar-refractivity contribution in [3.63, 3.8) is 0 Å². The van der Waals surface area contributed by atoms with E-state index in [-0.39, 0.29) is 23.9 Å². The van der Waals surface area contributed by atoms with Gasteiger partial charge in [0.1, 0.15) is 0 Å². The van der Waals surface area contributed by atoms with Gasteiger partial charge in [-0.05, 0) is 57.7 Å². The Morgan fingerprint density at radius 2 is 2.00 bits per heavy atom. The second-order valence-corrected chi connectivity index (χ2v) is 7.85. The van der Waals surface area contributed by atoms with Gasteiger partial charge in [0.25, 0.3) is 0 Å². The largest absolute Gasteiger partial charge is 0.334 e. The number of fused-ring (bicyclic) bond motifs is 4. The number of allylic oxidation sites excluding steroid dienone is 1. The number of benzene rings is 1. The summed E-state index contributed by atoms with van der Waals surface area (Å²) in [5, 5.41) is 3.04. The number of hydrogen-bond donors (Lipinski definition) is 1. The van der Waals surface area contributed by atoms with Crippen molar-refractivity contribution < 1.29 is 9.59 Å². The van der Waals surface area contributed by atoms with Crippen LogP contribution >= 0.6 is 0 Å². The first-order chi connectivity index (χ1) is 12.3. The van der Waals surface area contributed by atoms with Crippen LogP contribution in [0, 0.1) is 19.8 Å². The Hall–Kier alpha value is -2.30. The fraction of sp³-hybridized carbons (Fsp3) is 0.524. The fourth-order valence-corrected chi connectivity index (χ4v) is 3.79. The van der Waals surface area contributed by atoms with Crippen molar-refractivity contribution >= 4 is 17.6 Å². The highest BCUT2D eigenvalue weighted by Crippen LogP contribution is 2.29. The third-order valence-corrected chi connectivity index (χ3v) is 5.41. The lowest BCUT2D eigenvalue weighted by Crippen LogP contribution is -2.48. The van der Waals surface area contributed by atoms with Crippen molar-refractivity contribution in [2.45, 2.75) is 46.6 Å². The van der Waals surface area contributed by atoms with Crippen LogP contribution in [0.1, 0.15) is 37.8 Å². The fourth-order valence-electron chi connectivity index (χ4n) is 3.79. The Labute approximate surface area is 156 Å². The van der Waals surface area contributed by atoms with Crippen LogP contribution in [0.2, 0.25) is 0 Å². The molecule has 5 nitrogen and oxygen atoms in total. The van der Waals surface area contributed by atoms with Gasteiger partial charge in [0.2, 0.25) is 5.91 Å². The molecule has 5 heteroatoms. The third-order valence-electron chi connectivity index (χ3n) is 5.41. The van der Waals surface area contributed by atoms with Gasteiger partial charge < -0.3 is 15.1 Å². The molecule has 3 heterocycles. The molecule has 1 N–H and O–H groups in total. The van der Waals surface area contributed by atoms with E-state index in [9.17, 15) is 9.59 Å². The lowest BCUT2D eigenvalue weighted by Gasteiger charge is -2.35. The molecule has 3 amide bonds. The minimum absolute atomic E-state index is 0.0799. The highest BCUT2D eigenvalue weighted by molar-refractivity contribution is 5.91. The van der Waals surface area contributed by atoms with Gasteiger partial charge >= 0.3 is 6.03 Å². The van der Waals surface area contributed by atoms with Crippen LogP contribution in [0.5, 0.6) is 0 Å². The van der Waals surface area contributed by atoms with E-state index in [1.807, 2.05) is 55.7 Å². The summed E-state index contributed by atoms with van der Waals surface area (Å²) >= 11 is 0. The van der Waals surface area contributed by atoms with Crippen molar-refractivity contribution in [2.75, 3.05) is 25.0 Å². The second-order valence-electron chi connectivity index (χ2n) is 7.85. The average Bonchev–Trinajstić information content (AvgIpc) is 2.87. The number of anilines is 1. The molecule has 1 aromatic carbocycles. The first-order valence-electron chi connectivity index (χ1n) is 9.42. The number of carbonyl (C=O) groups excluding carboxylic acids is 2. The molecule has 3 aliphatic rings. The Morgan fingerprint density at radius 1 is 1.23 bits per heavy atom. The van der Waals surface area contributed by atoms with Crippen molar-refractivity contribution in [2.24, 2.45) is 5.92 Å². The number of aryl methyl sites for hydroxylation is 2. The van der Waals surface area contributed by atoms with Crippen LogP contribution in [-0.2, 0) is 4.79 Å². The number of urea groups is 1. The molecule has 4 rings (SSSR count). The van der Waals surface area contributed by atoms with Gasteiger partial charge in [0.15, 0.2) is 0 Å². The van der Waals surface area contributed by atoms with E-state index in [0.29, 0.717) is 19.6 Å². The highest BCUT2D eigenvalue weighted by atomic mass is 16.2. The maximum absolute atomic E-state index is 12.9. The Balaban J connectivity index is 1.74. The van der Waals surface area contributed by atoms with E-state index >= 15 is 0 Å². The molecule has 0 aliphatic carbocycles. The van der Waals surface area contributed by atoms with Gasteiger partial charge in [-0.25, -0.2) is 4.79 Å². The van der Waals surface area contributed by atoms with Crippen molar-refractivity contribution in [3.8, 4) is 0 Å². The number of amides is 3. The van der Waals surface area contributed by atoms with Crippen LogP contribution in [0.25, 0.3) is 0 Å². The van der Waals surface area contributed by atoms with E-state index in [1.165, 1.54) is 5.57 Å². The normalized spacial score (nSPS) is 22.2. The quantitative estimate of drug-likeness (QED) is 0.840. The van der Waals surface area contributed by atoms with Crippen molar-refractivity contribution in [3.05, 3.63) is 41.0 Å². The van der Waals surface area contributed by atoms with Gasteiger partial charge in [-0.3, -0.25) is 4.79 Å². The van der Waals surface area contributed by atoms with Crippen LogP contribution < -0.4 is 5.32 Å². The average molecular weight is 355 g/mol. The molecule has 3 saturated heterocycles. The molecule has 3 aliphatic heterocycles. The zero-order valence-electron chi connectivity index (χ0n) is 16.2. The molecule has 2 atom stereocenters. The second kappa shape index (κ2) is 7.52.